The van der Waals surface area contributed by atoms with E-state index in [0.717, 1.165) is 45.1 Å². The number of nitrogens with one attached hydrogen (secondary N) is 1. The van der Waals surface area contributed by atoms with E-state index in [1.165, 1.54) is 6.42 Å². The lowest BCUT2D eigenvalue weighted by Crippen LogP contribution is -2.05. The molecule has 4 heteroatoms. The van der Waals surface area contributed by atoms with Gasteiger partial charge in [-0.3, -0.25) is 4.98 Å². The predicted molar refractivity (Wildman–Crippen MR) is 79.6 cm³/mol. The van der Waals surface area contributed by atoms with Gasteiger partial charge < -0.3 is 11.1 Å². The molecule has 18 heavy (non-hydrogen) atoms. The van der Waals surface area contributed by atoms with Crippen LogP contribution in [-0.4, -0.2) is 11.5 Å². The quantitative estimate of drug-likeness (QED) is 0.851. The number of hydrogen-bond acceptors (Lipinski definition) is 3. The van der Waals surface area contributed by atoms with Crippen molar-refractivity contribution in [1.29, 1.82) is 0 Å². The molecular formula is C14H16BrN3. The average Bonchev–Trinajstić information content (AvgIpc) is 3.05. The van der Waals surface area contributed by atoms with Crippen molar-refractivity contribution in [1.82, 2.24) is 4.98 Å². The van der Waals surface area contributed by atoms with E-state index in [-0.39, 0.29) is 0 Å². The molecule has 1 heterocycles. The summed E-state index contributed by atoms with van der Waals surface area (Å²) in [6.07, 6.45) is 3.14. The average molecular weight is 306 g/mol. The van der Waals surface area contributed by atoms with Crippen LogP contribution in [0.5, 0.6) is 0 Å². The topological polar surface area (TPSA) is 50.9 Å². The van der Waals surface area contributed by atoms with Crippen molar-refractivity contribution in [3.63, 3.8) is 0 Å². The minimum absolute atomic E-state index is 0.768. The molecule has 0 bridgehead atoms. The molecule has 3 nitrogen and oxygen atoms in total. The fraction of sp³-hybridized carbons (Fsp3) is 0.357. The van der Waals surface area contributed by atoms with Crippen molar-refractivity contribution < 1.29 is 0 Å². The van der Waals surface area contributed by atoms with Crippen LogP contribution < -0.4 is 11.1 Å². The highest BCUT2D eigenvalue weighted by molar-refractivity contribution is 9.10. The Kier molecular flexibility index (Phi) is 2.90. The van der Waals surface area contributed by atoms with E-state index in [4.69, 9.17) is 5.73 Å². The monoisotopic (exact) mass is 305 g/mol. The number of rotatable bonds is 3. The standard InChI is InChI=1S/C14H16BrN3/c1-8-4-9(8)6-17-13-3-2-12(16)11-5-10(15)7-18-14(11)13/h2-3,5,7-9,17H,4,6,16H2,1H3. The first-order chi connectivity index (χ1) is 8.65. The van der Waals surface area contributed by atoms with Crippen LogP contribution >= 0.6 is 15.9 Å². The molecule has 1 saturated carbocycles. The minimum Gasteiger partial charge on any atom is -0.398 e. The molecule has 2 atom stereocenters. The summed E-state index contributed by atoms with van der Waals surface area (Å²) < 4.78 is 0.953. The summed E-state index contributed by atoms with van der Waals surface area (Å²) >= 11 is 3.43. The van der Waals surface area contributed by atoms with Gasteiger partial charge in [0.15, 0.2) is 0 Å². The molecule has 1 aliphatic rings. The number of aromatic nitrogens is 1. The van der Waals surface area contributed by atoms with Gasteiger partial charge in [0, 0.05) is 28.3 Å². The number of anilines is 2. The molecule has 2 unspecified atom stereocenters. The highest BCUT2D eigenvalue weighted by Gasteiger charge is 2.31. The lowest BCUT2D eigenvalue weighted by molar-refractivity contribution is 0.787. The molecule has 94 valence electrons. The van der Waals surface area contributed by atoms with Gasteiger partial charge in [-0.25, -0.2) is 0 Å². The molecular weight excluding hydrogens is 290 g/mol. The number of nitrogens with zero attached hydrogens (tertiary/aromatic N) is 1. The zero-order chi connectivity index (χ0) is 12.7. The molecule has 0 saturated heterocycles. The molecule has 3 rings (SSSR count). The second-order valence-corrected chi connectivity index (χ2v) is 6.02. The van der Waals surface area contributed by atoms with E-state index in [1.807, 2.05) is 24.4 Å². The first kappa shape index (κ1) is 11.8. The molecule has 1 aliphatic carbocycles. The van der Waals surface area contributed by atoms with E-state index < -0.39 is 0 Å². The van der Waals surface area contributed by atoms with Gasteiger partial charge in [0.1, 0.15) is 0 Å². The minimum atomic E-state index is 0.768. The Morgan fingerprint density at radius 2 is 2.28 bits per heavy atom. The number of fused-ring (bicyclic) bond motifs is 1. The SMILES string of the molecule is CC1CC1CNc1ccc(N)c2cc(Br)cnc12. The van der Waals surface area contributed by atoms with Crippen molar-refractivity contribution in [2.24, 2.45) is 11.8 Å². The van der Waals surface area contributed by atoms with Crippen LogP contribution in [0.1, 0.15) is 13.3 Å². The van der Waals surface area contributed by atoms with E-state index >= 15 is 0 Å². The third-order valence-electron chi connectivity index (χ3n) is 3.68. The number of nitrogen functional groups attached to an aromatic ring is 1. The second-order valence-electron chi connectivity index (χ2n) is 5.11. The third-order valence-corrected chi connectivity index (χ3v) is 4.11. The zero-order valence-corrected chi connectivity index (χ0v) is 11.9. The highest BCUT2D eigenvalue weighted by Crippen LogP contribution is 2.38. The lowest BCUT2D eigenvalue weighted by Gasteiger charge is -2.10. The van der Waals surface area contributed by atoms with Gasteiger partial charge in [0.05, 0.1) is 11.2 Å². The van der Waals surface area contributed by atoms with Gasteiger partial charge >= 0.3 is 0 Å². The smallest absolute Gasteiger partial charge is 0.0954 e. The van der Waals surface area contributed by atoms with Crippen molar-refractivity contribution in [3.05, 3.63) is 28.9 Å². The van der Waals surface area contributed by atoms with Gasteiger partial charge in [-0.15, -0.1) is 0 Å². The van der Waals surface area contributed by atoms with Crippen LogP contribution in [0.3, 0.4) is 0 Å². The molecule has 1 fully saturated rings. The number of nitrogens with two attached hydrogens (primary N) is 1. The van der Waals surface area contributed by atoms with Crippen molar-refractivity contribution >= 4 is 38.2 Å². The second kappa shape index (κ2) is 4.43. The van der Waals surface area contributed by atoms with Crippen LogP contribution in [0.2, 0.25) is 0 Å². The fourth-order valence-corrected chi connectivity index (χ4v) is 2.61. The van der Waals surface area contributed by atoms with Crippen LogP contribution in [0.4, 0.5) is 11.4 Å². The van der Waals surface area contributed by atoms with Gasteiger partial charge in [-0.1, -0.05) is 6.92 Å². The summed E-state index contributed by atoms with van der Waals surface area (Å²) in [7, 11) is 0. The van der Waals surface area contributed by atoms with E-state index in [2.05, 4.69) is 33.2 Å². The molecule has 1 aromatic heterocycles. The Hall–Kier alpha value is -1.29. The summed E-state index contributed by atoms with van der Waals surface area (Å²) in [6, 6.07) is 5.98. The molecule has 0 spiro atoms. The Morgan fingerprint density at radius 3 is 3.00 bits per heavy atom. The van der Waals surface area contributed by atoms with Gasteiger partial charge in [0.2, 0.25) is 0 Å². The summed E-state index contributed by atoms with van der Waals surface area (Å²) in [5, 5.41) is 4.49. The van der Waals surface area contributed by atoms with Crippen LogP contribution in [-0.2, 0) is 0 Å². The van der Waals surface area contributed by atoms with E-state index in [0.29, 0.717) is 0 Å². The Morgan fingerprint density at radius 1 is 1.50 bits per heavy atom. The number of halogens is 1. The predicted octanol–water partition coefficient (Wildman–Crippen LogP) is 3.65. The van der Waals surface area contributed by atoms with Crippen molar-refractivity contribution in [2.45, 2.75) is 13.3 Å². The maximum absolute atomic E-state index is 6.00. The number of hydrogen-bond donors (Lipinski definition) is 2. The first-order valence-electron chi connectivity index (χ1n) is 6.23. The van der Waals surface area contributed by atoms with E-state index in [1.54, 1.807) is 0 Å². The maximum Gasteiger partial charge on any atom is 0.0954 e. The van der Waals surface area contributed by atoms with Crippen molar-refractivity contribution in [2.75, 3.05) is 17.6 Å². The summed E-state index contributed by atoms with van der Waals surface area (Å²) in [5.74, 6) is 1.67. The molecule has 0 aliphatic heterocycles. The molecule has 1 aromatic carbocycles. The lowest BCUT2D eigenvalue weighted by atomic mass is 10.1. The Balaban J connectivity index is 1.94. The van der Waals surface area contributed by atoms with Crippen molar-refractivity contribution in [3.8, 4) is 0 Å². The summed E-state index contributed by atoms with van der Waals surface area (Å²) in [6.45, 7) is 3.32. The largest absolute Gasteiger partial charge is 0.398 e. The molecule has 0 amide bonds. The fourth-order valence-electron chi connectivity index (χ4n) is 2.28. The normalized spacial score (nSPS) is 22.1. The van der Waals surface area contributed by atoms with E-state index in [9.17, 15) is 0 Å². The molecule has 2 aromatic rings. The third kappa shape index (κ3) is 2.17. The van der Waals surface area contributed by atoms with Gasteiger partial charge in [-0.05, 0) is 52.4 Å². The zero-order valence-electron chi connectivity index (χ0n) is 10.3. The maximum atomic E-state index is 6.00. The molecule has 0 radical (unpaired) electrons. The highest BCUT2D eigenvalue weighted by atomic mass is 79.9. The molecule has 3 N–H and O–H groups in total. The van der Waals surface area contributed by atoms with Gasteiger partial charge in [0.25, 0.3) is 0 Å². The van der Waals surface area contributed by atoms with Gasteiger partial charge in [-0.2, -0.15) is 0 Å². The number of pyridine rings is 1. The Labute approximate surface area is 115 Å². The first-order valence-corrected chi connectivity index (χ1v) is 7.02. The summed E-state index contributed by atoms with van der Waals surface area (Å²) in [4.78, 5) is 4.47. The van der Waals surface area contributed by atoms with Crippen LogP contribution in [0.25, 0.3) is 10.9 Å². The van der Waals surface area contributed by atoms with Crippen LogP contribution in [0.15, 0.2) is 28.9 Å². The Bertz CT molecular complexity index is 597. The number of benzene rings is 1. The summed E-state index contributed by atoms with van der Waals surface area (Å²) in [5.41, 5.74) is 8.79. The van der Waals surface area contributed by atoms with Crippen LogP contribution in [0, 0.1) is 11.8 Å².